The summed E-state index contributed by atoms with van der Waals surface area (Å²) in [7, 11) is 0. The lowest BCUT2D eigenvalue weighted by molar-refractivity contribution is -0.143. The number of carbonyl (C=O) groups is 2. The molecular formula is C70H135NO5. The van der Waals surface area contributed by atoms with Crippen LogP contribution in [0.2, 0.25) is 0 Å². The van der Waals surface area contributed by atoms with Gasteiger partial charge in [-0.15, -0.1) is 0 Å². The largest absolute Gasteiger partial charge is 0.466 e. The van der Waals surface area contributed by atoms with Crippen molar-refractivity contribution in [3.63, 3.8) is 0 Å². The first-order valence-corrected chi connectivity index (χ1v) is 34.6. The first-order valence-electron chi connectivity index (χ1n) is 34.6. The highest BCUT2D eigenvalue weighted by Gasteiger charge is 2.20. The number of amides is 1. The highest BCUT2D eigenvalue weighted by atomic mass is 16.5. The van der Waals surface area contributed by atoms with Gasteiger partial charge in [0.2, 0.25) is 5.91 Å². The number of esters is 1. The number of hydrogen-bond donors (Lipinski definition) is 3. The Morgan fingerprint density at radius 1 is 0.368 bits per heavy atom. The number of hydrogen-bond acceptors (Lipinski definition) is 5. The van der Waals surface area contributed by atoms with Gasteiger partial charge in [-0.05, 0) is 57.8 Å². The molecule has 0 heterocycles. The molecule has 76 heavy (non-hydrogen) atoms. The quantitative estimate of drug-likeness (QED) is 0.0320. The second kappa shape index (κ2) is 65.9. The van der Waals surface area contributed by atoms with Crippen LogP contribution in [0.15, 0.2) is 24.3 Å². The lowest BCUT2D eigenvalue weighted by Gasteiger charge is -2.22. The molecule has 0 spiro atoms. The van der Waals surface area contributed by atoms with Crippen LogP contribution in [-0.4, -0.2) is 47.4 Å². The van der Waals surface area contributed by atoms with Crippen molar-refractivity contribution in [2.45, 2.75) is 398 Å². The van der Waals surface area contributed by atoms with Crippen LogP contribution in [0.1, 0.15) is 386 Å². The van der Waals surface area contributed by atoms with Gasteiger partial charge >= 0.3 is 5.97 Å². The Bertz CT molecular complexity index is 1190. The fraction of sp³-hybridized carbons (Fsp3) is 0.914. The molecule has 2 unspecified atom stereocenters. The molecule has 0 aliphatic carbocycles. The summed E-state index contributed by atoms with van der Waals surface area (Å²) in [5.74, 6) is -0.0284. The average molecular weight is 1070 g/mol. The molecule has 1 amide bonds. The minimum absolute atomic E-state index is 0.00433. The molecule has 0 bridgehead atoms. The lowest BCUT2D eigenvalue weighted by atomic mass is 10.0. The van der Waals surface area contributed by atoms with Gasteiger partial charge in [-0.1, -0.05) is 340 Å². The van der Waals surface area contributed by atoms with Gasteiger partial charge in [-0.25, -0.2) is 0 Å². The van der Waals surface area contributed by atoms with Crippen molar-refractivity contribution in [3.8, 4) is 0 Å². The molecule has 2 atom stereocenters. The second-order valence-electron chi connectivity index (χ2n) is 23.9. The van der Waals surface area contributed by atoms with E-state index in [4.69, 9.17) is 4.74 Å². The highest BCUT2D eigenvalue weighted by Crippen LogP contribution is 2.19. The Morgan fingerprint density at radius 2 is 0.658 bits per heavy atom. The zero-order chi connectivity index (χ0) is 55.0. The normalized spacial score (nSPS) is 12.6. The Morgan fingerprint density at radius 3 is 1.01 bits per heavy atom. The SMILES string of the molecule is CCCCCC/C=C\C/C=C\CCCCCCCCCC(=O)OCCCCCCCCCCCCCCCCCCCCCCC(=O)NC(CO)C(O)CCCCCCCCCCCCCCCCCCCCCCC. The van der Waals surface area contributed by atoms with E-state index < -0.39 is 12.1 Å². The average Bonchev–Trinajstić information content (AvgIpc) is 3.42. The molecule has 0 rings (SSSR count). The summed E-state index contributed by atoms with van der Waals surface area (Å²) < 4.78 is 5.50. The number of rotatable bonds is 65. The third kappa shape index (κ3) is 61.6. The van der Waals surface area contributed by atoms with Crippen molar-refractivity contribution in [2.24, 2.45) is 0 Å². The number of aliphatic hydroxyl groups is 2. The van der Waals surface area contributed by atoms with Crippen molar-refractivity contribution < 1.29 is 24.5 Å². The Kier molecular flexibility index (Phi) is 64.4. The zero-order valence-corrected chi connectivity index (χ0v) is 51.5. The van der Waals surface area contributed by atoms with Gasteiger partial charge in [0.05, 0.1) is 25.4 Å². The van der Waals surface area contributed by atoms with Gasteiger partial charge in [0.25, 0.3) is 0 Å². The number of allylic oxidation sites excluding steroid dienone is 4. The summed E-state index contributed by atoms with van der Waals surface area (Å²) in [6.45, 7) is 4.97. The minimum atomic E-state index is -0.667. The Hall–Kier alpha value is -1.66. The Labute approximate surface area is 475 Å². The first kappa shape index (κ1) is 74.3. The molecule has 0 aromatic heterocycles. The molecule has 450 valence electrons. The molecule has 6 nitrogen and oxygen atoms in total. The molecule has 6 heteroatoms. The van der Waals surface area contributed by atoms with Crippen LogP contribution in [0.4, 0.5) is 0 Å². The van der Waals surface area contributed by atoms with Crippen molar-refractivity contribution in [1.82, 2.24) is 5.32 Å². The third-order valence-electron chi connectivity index (χ3n) is 16.3. The molecular weight excluding hydrogens is 935 g/mol. The van der Waals surface area contributed by atoms with Gasteiger partial charge in [0, 0.05) is 12.8 Å². The van der Waals surface area contributed by atoms with Gasteiger partial charge < -0.3 is 20.3 Å². The molecule has 0 aromatic carbocycles. The van der Waals surface area contributed by atoms with Crippen molar-refractivity contribution in [3.05, 3.63) is 24.3 Å². The summed E-state index contributed by atoms with van der Waals surface area (Å²) in [5, 5.41) is 23.4. The van der Waals surface area contributed by atoms with Crippen molar-refractivity contribution in [1.29, 1.82) is 0 Å². The molecule has 0 radical (unpaired) electrons. The van der Waals surface area contributed by atoms with E-state index in [1.165, 1.54) is 302 Å². The number of unbranched alkanes of at least 4 members (excludes halogenated alkanes) is 50. The summed E-state index contributed by atoms with van der Waals surface area (Å²) in [4.78, 5) is 24.6. The highest BCUT2D eigenvalue weighted by molar-refractivity contribution is 5.76. The van der Waals surface area contributed by atoms with E-state index in [-0.39, 0.29) is 18.5 Å². The van der Waals surface area contributed by atoms with Crippen LogP contribution < -0.4 is 5.32 Å². The molecule has 0 fully saturated rings. The van der Waals surface area contributed by atoms with Crippen molar-refractivity contribution >= 4 is 11.9 Å². The smallest absolute Gasteiger partial charge is 0.305 e. The van der Waals surface area contributed by atoms with Crippen LogP contribution in [0.3, 0.4) is 0 Å². The summed E-state index contributed by atoms with van der Waals surface area (Å²) in [6.07, 6.45) is 82.1. The number of nitrogens with one attached hydrogen (secondary N) is 1. The number of carbonyl (C=O) groups excluding carboxylic acids is 2. The molecule has 3 N–H and O–H groups in total. The minimum Gasteiger partial charge on any atom is -0.466 e. The predicted octanol–water partition coefficient (Wildman–Crippen LogP) is 22.1. The standard InChI is InChI=1S/C70H135NO5/c1-3-5-7-9-11-13-15-17-19-21-23-24-27-30-34-38-42-46-50-54-58-62-68(73)67(66-72)71-69(74)63-59-55-51-47-43-39-35-31-28-25-26-29-33-37-41-45-49-53-57-61-65-76-70(75)64-60-56-52-48-44-40-36-32-22-20-18-16-14-12-10-8-6-4-2/h14,16,20,22,67-68,72-73H,3-13,15,17-19,21,23-66H2,1-2H3,(H,71,74)/b16-14-,22-20-. The van der Waals surface area contributed by atoms with Crippen LogP contribution >= 0.6 is 0 Å². The van der Waals surface area contributed by atoms with E-state index in [9.17, 15) is 19.8 Å². The molecule has 0 saturated carbocycles. The maximum atomic E-state index is 12.5. The van der Waals surface area contributed by atoms with E-state index >= 15 is 0 Å². The van der Waals surface area contributed by atoms with Gasteiger partial charge in [0.1, 0.15) is 0 Å². The van der Waals surface area contributed by atoms with Crippen molar-refractivity contribution in [2.75, 3.05) is 13.2 Å². The van der Waals surface area contributed by atoms with Gasteiger partial charge in [-0.2, -0.15) is 0 Å². The van der Waals surface area contributed by atoms with Crippen LogP contribution in [0, 0.1) is 0 Å². The maximum Gasteiger partial charge on any atom is 0.305 e. The predicted molar refractivity (Wildman–Crippen MR) is 333 cm³/mol. The summed E-state index contributed by atoms with van der Waals surface area (Å²) in [6, 6.07) is -0.544. The van der Waals surface area contributed by atoms with Gasteiger partial charge in [0.15, 0.2) is 0 Å². The maximum absolute atomic E-state index is 12.5. The van der Waals surface area contributed by atoms with Crippen LogP contribution in [0.5, 0.6) is 0 Å². The summed E-state index contributed by atoms with van der Waals surface area (Å²) >= 11 is 0. The van der Waals surface area contributed by atoms with E-state index in [1.54, 1.807) is 0 Å². The number of aliphatic hydroxyl groups excluding tert-OH is 2. The van der Waals surface area contributed by atoms with Crippen LogP contribution in [0.25, 0.3) is 0 Å². The molecule has 0 aliphatic rings. The molecule has 0 aromatic rings. The molecule has 0 saturated heterocycles. The number of ether oxygens (including phenoxy) is 1. The topological polar surface area (TPSA) is 95.9 Å². The molecule has 0 aliphatic heterocycles. The lowest BCUT2D eigenvalue weighted by Crippen LogP contribution is -2.45. The van der Waals surface area contributed by atoms with Crippen LogP contribution in [-0.2, 0) is 14.3 Å². The van der Waals surface area contributed by atoms with E-state index in [0.29, 0.717) is 25.9 Å². The second-order valence-corrected chi connectivity index (χ2v) is 23.9. The van der Waals surface area contributed by atoms with E-state index in [0.717, 1.165) is 51.4 Å². The first-order chi connectivity index (χ1) is 37.5. The fourth-order valence-corrected chi connectivity index (χ4v) is 11.0. The zero-order valence-electron chi connectivity index (χ0n) is 51.5. The fourth-order valence-electron chi connectivity index (χ4n) is 11.0. The monoisotopic (exact) mass is 1070 g/mol. The third-order valence-corrected chi connectivity index (χ3v) is 16.3. The van der Waals surface area contributed by atoms with Gasteiger partial charge in [-0.3, -0.25) is 9.59 Å². The van der Waals surface area contributed by atoms with E-state index in [1.807, 2.05) is 0 Å². The van der Waals surface area contributed by atoms with E-state index in [2.05, 4.69) is 43.5 Å². The summed E-state index contributed by atoms with van der Waals surface area (Å²) in [5.41, 5.74) is 0. The Balaban J connectivity index is 3.39.